The lowest BCUT2D eigenvalue weighted by atomic mass is 10.0. The van der Waals surface area contributed by atoms with Gasteiger partial charge in [-0.25, -0.2) is 9.07 Å². The number of para-hydroxylation sites is 1. The van der Waals surface area contributed by atoms with Gasteiger partial charge in [-0.2, -0.15) is 0 Å². The molecule has 0 saturated carbocycles. The van der Waals surface area contributed by atoms with E-state index in [1.165, 1.54) is 17.8 Å². The average Bonchev–Trinajstić information content (AvgIpc) is 3.43. The lowest BCUT2D eigenvalue weighted by molar-refractivity contribution is 0.200. The Morgan fingerprint density at radius 1 is 0.975 bits per heavy atom. The molecular weight excluding hydrogens is 509 g/mol. The minimum Gasteiger partial charge on any atom is -0.494 e. The molecule has 0 aliphatic carbocycles. The molecule has 0 radical (unpaired) electrons. The standard InChI is InChI=1S/C30H30FN7O2/c1-2-40-25-12-13-27-22(18-25)19-26(30(39)32-27)28(37-16-14-36(15-17-37)24-6-4-3-5-7-24)29-33-34-35-38(29)20-21-8-10-23(31)11-9-21/h3-13,18-19,28H,2,14-17,20H2,1H3,(H,32,39)/t28-/m1/s1. The summed E-state index contributed by atoms with van der Waals surface area (Å²) in [5, 5.41) is 13.5. The minimum absolute atomic E-state index is 0.191. The number of nitrogens with one attached hydrogen (secondary N) is 1. The van der Waals surface area contributed by atoms with E-state index in [-0.39, 0.29) is 11.4 Å². The first kappa shape index (κ1) is 25.7. The molecule has 0 unspecified atom stereocenters. The summed E-state index contributed by atoms with van der Waals surface area (Å²) in [4.78, 5) is 21.2. The van der Waals surface area contributed by atoms with Crippen LogP contribution in [-0.4, -0.2) is 62.9 Å². The number of benzene rings is 3. The summed E-state index contributed by atoms with van der Waals surface area (Å²) < 4.78 is 20.9. The Morgan fingerprint density at radius 2 is 1.75 bits per heavy atom. The Morgan fingerprint density at radius 3 is 2.50 bits per heavy atom. The molecule has 0 amide bonds. The zero-order valence-corrected chi connectivity index (χ0v) is 22.2. The minimum atomic E-state index is -0.489. The van der Waals surface area contributed by atoms with Crippen molar-refractivity contribution < 1.29 is 9.13 Å². The van der Waals surface area contributed by atoms with E-state index in [1.807, 2.05) is 49.4 Å². The second-order valence-corrected chi connectivity index (χ2v) is 9.82. The van der Waals surface area contributed by atoms with Gasteiger partial charge in [-0.1, -0.05) is 30.3 Å². The molecule has 1 atom stereocenters. The molecule has 1 fully saturated rings. The number of fused-ring (bicyclic) bond motifs is 1. The van der Waals surface area contributed by atoms with Crippen LogP contribution in [0, 0.1) is 5.82 Å². The molecule has 0 spiro atoms. The highest BCUT2D eigenvalue weighted by Crippen LogP contribution is 2.30. The normalized spacial score (nSPS) is 14.9. The predicted molar refractivity (Wildman–Crippen MR) is 151 cm³/mol. The molecule has 1 aliphatic rings. The van der Waals surface area contributed by atoms with Gasteiger partial charge in [0, 0.05) is 48.3 Å². The molecule has 40 heavy (non-hydrogen) atoms. The molecule has 3 aromatic carbocycles. The van der Waals surface area contributed by atoms with Crippen LogP contribution in [0.15, 0.2) is 83.7 Å². The topological polar surface area (TPSA) is 92.2 Å². The number of hydrogen-bond acceptors (Lipinski definition) is 7. The summed E-state index contributed by atoms with van der Waals surface area (Å²) in [7, 11) is 0. The predicted octanol–water partition coefficient (Wildman–Crippen LogP) is 4.01. The molecule has 204 valence electrons. The monoisotopic (exact) mass is 539 g/mol. The number of halogens is 1. The second-order valence-electron chi connectivity index (χ2n) is 9.82. The molecule has 0 bridgehead atoms. The van der Waals surface area contributed by atoms with Crippen LogP contribution in [0.2, 0.25) is 0 Å². The Hall–Kier alpha value is -4.57. The maximum atomic E-state index is 13.6. The van der Waals surface area contributed by atoms with Gasteiger partial charge in [0.2, 0.25) is 0 Å². The van der Waals surface area contributed by atoms with Gasteiger partial charge in [-0.3, -0.25) is 9.69 Å². The fourth-order valence-electron chi connectivity index (χ4n) is 5.32. The number of H-pyrrole nitrogens is 1. The molecule has 1 aliphatic heterocycles. The van der Waals surface area contributed by atoms with Crippen molar-refractivity contribution in [3.05, 3.63) is 112 Å². The van der Waals surface area contributed by atoms with Crippen molar-refractivity contribution in [3.8, 4) is 5.75 Å². The molecular formula is C30H30FN7O2. The third-order valence-corrected chi connectivity index (χ3v) is 7.30. The Bertz CT molecular complexity index is 1640. The Kier molecular flexibility index (Phi) is 7.24. The second kappa shape index (κ2) is 11.3. The summed E-state index contributed by atoms with van der Waals surface area (Å²) in [6.07, 6.45) is 0. The molecule has 10 heteroatoms. The number of hydrogen-bond donors (Lipinski definition) is 1. The number of aromatic amines is 1. The van der Waals surface area contributed by atoms with Gasteiger partial charge >= 0.3 is 0 Å². The summed E-state index contributed by atoms with van der Waals surface area (Å²) in [5.74, 6) is 0.995. The van der Waals surface area contributed by atoms with Crippen LogP contribution >= 0.6 is 0 Å². The summed E-state index contributed by atoms with van der Waals surface area (Å²) in [6, 6.07) is 23.7. The molecule has 6 rings (SSSR count). The number of nitrogens with zero attached hydrogens (tertiary/aromatic N) is 6. The van der Waals surface area contributed by atoms with E-state index in [9.17, 15) is 9.18 Å². The Labute approximate surface area is 230 Å². The highest BCUT2D eigenvalue weighted by molar-refractivity contribution is 5.80. The van der Waals surface area contributed by atoms with Crippen LogP contribution in [0.25, 0.3) is 10.9 Å². The number of anilines is 1. The van der Waals surface area contributed by atoms with E-state index in [0.717, 1.165) is 35.3 Å². The summed E-state index contributed by atoms with van der Waals surface area (Å²) >= 11 is 0. The van der Waals surface area contributed by atoms with Crippen molar-refractivity contribution in [1.82, 2.24) is 30.1 Å². The first-order chi connectivity index (χ1) is 19.6. The van der Waals surface area contributed by atoms with Crippen LogP contribution < -0.4 is 15.2 Å². The maximum absolute atomic E-state index is 13.6. The first-order valence-electron chi connectivity index (χ1n) is 13.4. The van der Waals surface area contributed by atoms with E-state index in [4.69, 9.17) is 4.74 Å². The summed E-state index contributed by atoms with van der Waals surface area (Å²) in [5.41, 5.74) is 3.13. The third-order valence-electron chi connectivity index (χ3n) is 7.30. The van der Waals surface area contributed by atoms with Crippen LogP contribution in [0.1, 0.15) is 29.9 Å². The maximum Gasteiger partial charge on any atom is 0.253 e. The fourth-order valence-corrected chi connectivity index (χ4v) is 5.32. The SMILES string of the molecule is CCOc1ccc2[nH]c(=O)c([C@H](c3nnnn3Cc3ccc(F)cc3)N3CCN(c4ccccc4)CC3)cc2c1. The van der Waals surface area contributed by atoms with Crippen LogP contribution in [0.5, 0.6) is 5.75 Å². The number of pyridine rings is 1. The smallest absolute Gasteiger partial charge is 0.253 e. The van der Waals surface area contributed by atoms with E-state index in [2.05, 4.69) is 42.4 Å². The first-order valence-corrected chi connectivity index (χ1v) is 13.4. The van der Waals surface area contributed by atoms with E-state index < -0.39 is 6.04 Å². The number of aromatic nitrogens is 5. The zero-order chi connectivity index (χ0) is 27.5. The molecule has 1 N–H and O–H groups in total. The number of piperazine rings is 1. The van der Waals surface area contributed by atoms with Crippen molar-refractivity contribution in [1.29, 1.82) is 0 Å². The number of tetrazole rings is 1. The van der Waals surface area contributed by atoms with Crippen molar-refractivity contribution in [2.24, 2.45) is 0 Å². The Balaban J connectivity index is 1.39. The van der Waals surface area contributed by atoms with Gasteiger partial charge in [0.15, 0.2) is 5.82 Å². The van der Waals surface area contributed by atoms with Gasteiger partial charge in [0.05, 0.1) is 13.2 Å². The van der Waals surface area contributed by atoms with E-state index in [0.29, 0.717) is 37.6 Å². The summed E-state index contributed by atoms with van der Waals surface area (Å²) in [6.45, 7) is 5.84. The number of ether oxygens (including phenoxy) is 1. The van der Waals surface area contributed by atoms with Gasteiger partial charge < -0.3 is 14.6 Å². The lowest BCUT2D eigenvalue weighted by Crippen LogP contribution is -2.49. The van der Waals surface area contributed by atoms with Gasteiger partial charge in [-0.15, -0.1) is 5.10 Å². The van der Waals surface area contributed by atoms with E-state index >= 15 is 0 Å². The lowest BCUT2D eigenvalue weighted by Gasteiger charge is -2.39. The molecule has 5 aromatic rings. The zero-order valence-electron chi connectivity index (χ0n) is 22.2. The average molecular weight is 540 g/mol. The largest absolute Gasteiger partial charge is 0.494 e. The van der Waals surface area contributed by atoms with Crippen molar-refractivity contribution in [3.63, 3.8) is 0 Å². The van der Waals surface area contributed by atoms with Gasteiger partial charge in [0.1, 0.15) is 17.6 Å². The van der Waals surface area contributed by atoms with Crippen LogP contribution in [0.3, 0.4) is 0 Å². The van der Waals surface area contributed by atoms with Crippen molar-refractivity contribution in [2.45, 2.75) is 19.5 Å². The molecule has 1 saturated heterocycles. The van der Waals surface area contributed by atoms with E-state index in [1.54, 1.807) is 16.8 Å². The molecule has 9 nitrogen and oxygen atoms in total. The van der Waals surface area contributed by atoms with Gasteiger partial charge in [-0.05, 0) is 71.4 Å². The highest BCUT2D eigenvalue weighted by Gasteiger charge is 2.33. The highest BCUT2D eigenvalue weighted by atomic mass is 19.1. The third kappa shape index (κ3) is 5.30. The fraction of sp³-hybridized carbons (Fsp3) is 0.267. The van der Waals surface area contributed by atoms with Crippen LogP contribution in [-0.2, 0) is 6.54 Å². The molecule has 3 heterocycles. The van der Waals surface area contributed by atoms with Crippen LogP contribution in [0.4, 0.5) is 10.1 Å². The number of rotatable bonds is 8. The van der Waals surface area contributed by atoms with Crippen molar-refractivity contribution >= 4 is 16.6 Å². The van der Waals surface area contributed by atoms with Gasteiger partial charge in [0.25, 0.3) is 5.56 Å². The quantitative estimate of drug-likeness (QED) is 0.319. The molecule has 2 aromatic heterocycles. The van der Waals surface area contributed by atoms with Crippen molar-refractivity contribution in [2.75, 3.05) is 37.7 Å².